The molecule has 7 heteroatoms. The zero-order chi connectivity index (χ0) is 16.7. The predicted octanol–water partition coefficient (Wildman–Crippen LogP) is 4.27. The lowest BCUT2D eigenvalue weighted by Crippen LogP contribution is -2.00. The van der Waals surface area contributed by atoms with Crippen molar-refractivity contribution >= 4 is 23.9 Å². The second-order valence-electron chi connectivity index (χ2n) is 4.40. The summed E-state index contributed by atoms with van der Waals surface area (Å²) in [4.78, 5) is 21.1. The van der Waals surface area contributed by atoms with Gasteiger partial charge in [-0.05, 0) is 11.1 Å². The monoisotopic (exact) mass is 328 g/mol. The van der Waals surface area contributed by atoms with Gasteiger partial charge in [0.15, 0.2) is 0 Å². The quantitative estimate of drug-likeness (QED) is 0.584. The molecule has 0 aromatic heterocycles. The molecule has 0 aliphatic heterocycles. The highest BCUT2D eigenvalue weighted by Gasteiger charge is 2.23. The highest BCUT2D eigenvalue weighted by Crippen LogP contribution is 2.29. The molecule has 6 nitrogen and oxygen atoms in total. The third-order valence-corrected chi connectivity index (χ3v) is 3.70. The van der Waals surface area contributed by atoms with Gasteiger partial charge >= 0.3 is 10.1 Å². The number of nitro groups is 2. The Kier molecular flexibility index (Phi) is 5.65. The smallest absolute Gasteiger partial charge is 0.258 e. The molecule has 0 radical (unpaired) electrons. The lowest BCUT2D eigenvalue weighted by atomic mass is 10.2. The molecule has 0 saturated carbocycles. The molecule has 0 fully saturated rings. The van der Waals surface area contributed by atoms with Gasteiger partial charge in [0.1, 0.15) is 0 Å². The minimum atomic E-state index is -0.625. The molecule has 0 N–H and O–H groups in total. The van der Waals surface area contributed by atoms with Gasteiger partial charge in [0.2, 0.25) is 0 Å². The highest BCUT2D eigenvalue weighted by atomic mass is 32.2. The summed E-state index contributed by atoms with van der Waals surface area (Å²) in [5, 5.41) is 21.7. The van der Waals surface area contributed by atoms with E-state index >= 15 is 0 Å². The Hall–Kier alpha value is -2.93. The van der Waals surface area contributed by atoms with Crippen LogP contribution in [-0.2, 0) is 0 Å². The maximum absolute atomic E-state index is 11.2. The lowest BCUT2D eigenvalue weighted by Gasteiger charge is -1.99. The topological polar surface area (TPSA) is 86.3 Å². The predicted molar refractivity (Wildman–Crippen MR) is 90.4 cm³/mol. The maximum atomic E-state index is 11.2. The Bertz CT molecular complexity index is 693. The summed E-state index contributed by atoms with van der Waals surface area (Å²) in [6.07, 6.45) is 2.62. The first-order valence-corrected chi connectivity index (χ1v) is 7.38. The van der Waals surface area contributed by atoms with Crippen molar-refractivity contribution in [2.75, 3.05) is 0 Å². The normalized spacial score (nSPS) is 12.0. The fourth-order valence-electron chi connectivity index (χ4n) is 1.73. The van der Waals surface area contributed by atoms with Crippen molar-refractivity contribution in [1.29, 1.82) is 0 Å². The Morgan fingerprint density at radius 1 is 0.739 bits per heavy atom. The third-order valence-electron chi connectivity index (χ3n) is 2.75. The molecule has 23 heavy (non-hydrogen) atoms. The van der Waals surface area contributed by atoms with Gasteiger partial charge in [-0.2, -0.15) is 0 Å². The van der Waals surface area contributed by atoms with Crippen molar-refractivity contribution in [3.8, 4) is 0 Å². The number of benzene rings is 2. The van der Waals surface area contributed by atoms with Gasteiger partial charge < -0.3 is 0 Å². The van der Waals surface area contributed by atoms with E-state index in [4.69, 9.17) is 0 Å². The number of rotatable bonds is 6. The molecule has 0 saturated heterocycles. The summed E-state index contributed by atoms with van der Waals surface area (Å²) in [5.41, 5.74) is 1.21. The van der Waals surface area contributed by atoms with Crippen LogP contribution < -0.4 is 0 Å². The molecule has 116 valence electrons. The average molecular weight is 328 g/mol. The number of thioether (sulfide) groups is 1. The van der Waals surface area contributed by atoms with Gasteiger partial charge in [-0.25, -0.2) is 0 Å². The summed E-state index contributed by atoms with van der Waals surface area (Å²) >= 11 is 0.520. The zero-order valence-corrected chi connectivity index (χ0v) is 12.7. The van der Waals surface area contributed by atoms with Gasteiger partial charge in [-0.1, -0.05) is 60.7 Å². The lowest BCUT2D eigenvalue weighted by molar-refractivity contribution is -0.416. The SMILES string of the molecule is O=[N+]([O-])C(=Cc1ccccc1)SC(=Cc1ccccc1)[N+](=O)[O-]. The van der Waals surface area contributed by atoms with Crippen molar-refractivity contribution in [1.82, 2.24) is 0 Å². The van der Waals surface area contributed by atoms with E-state index in [1.165, 1.54) is 12.2 Å². The third kappa shape index (κ3) is 5.08. The zero-order valence-electron chi connectivity index (χ0n) is 11.9. The van der Waals surface area contributed by atoms with Crippen LogP contribution in [0.25, 0.3) is 12.2 Å². The first-order valence-electron chi connectivity index (χ1n) is 6.56. The van der Waals surface area contributed by atoms with E-state index in [9.17, 15) is 20.2 Å². The van der Waals surface area contributed by atoms with Crippen molar-refractivity contribution in [2.45, 2.75) is 0 Å². The van der Waals surface area contributed by atoms with Crippen LogP contribution in [0.3, 0.4) is 0 Å². The summed E-state index contributed by atoms with van der Waals surface area (Å²) in [6.45, 7) is 0. The highest BCUT2D eigenvalue weighted by molar-refractivity contribution is 8.06. The molecule has 2 aromatic rings. The maximum Gasteiger partial charge on any atom is 0.314 e. The van der Waals surface area contributed by atoms with E-state index in [1.54, 1.807) is 60.7 Å². The van der Waals surface area contributed by atoms with Crippen LogP contribution in [0.4, 0.5) is 0 Å². The van der Waals surface area contributed by atoms with Crippen LogP contribution in [0.2, 0.25) is 0 Å². The molecule has 2 rings (SSSR count). The Balaban J connectivity index is 2.33. The molecule has 2 aromatic carbocycles. The summed E-state index contributed by atoms with van der Waals surface area (Å²) in [5.74, 6) is 0. The van der Waals surface area contributed by atoms with Crippen molar-refractivity contribution in [3.63, 3.8) is 0 Å². The van der Waals surface area contributed by atoms with Crippen LogP contribution in [0, 0.1) is 20.2 Å². The van der Waals surface area contributed by atoms with Crippen LogP contribution in [-0.4, -0.2) is 9.85 Å². The number of hydrogen-bond acceptors (Lipinski definition) is 5. The molecular weight excluding hydrogens is 316 g/mol. The molecule has 0 heterocycles. The Labute approximate surface area is 136 Å². The number of nitrogens with zero attached hydrogens (tertiary/aromatic N) is 2. The van der Waals surface area contributed by atoms with Crippen molar-refractivity contribution < 1.29 is 9.85 Å². The first kappa shape index (κ1) is 16.4. The summed E-state index contributed by atoms with van der Waals surface area (Å²) in [7, 11) is 0. The van der Waals surface area contributed by atoms with Crippen molar-refractivity contribution in [2.24, 2.45) is 0 Å². The van der Waals surface area contributed by atoms with E-state index in [0.29, 0.717) is 22.9 Å². The summed E-state index contributed by atoms with van der Waals surface area (Å²) in [6, 6.07) is 17.3. The average Bonchev–Trinajstić information content (AvgIpc) is 2.55. The van der Waals surface area contributed by atoms with Gasteiger partial charge in [0.25, 0.3) is 0 Å². The standard InChI is InChI=1S/C16H12N2O4S/c19-17(20)15(11-13-7-3-1-4-8-13)23-16(18(21)22)12-14-9-5-2-6-10-14/h1-12H. The number of hydrogen-bond donors (Lipinski definition) is 0. The minimum Gasteiger partial charge on any atom is -0.258 e. The van der Waals surface area contributed by atoms with E-state index < -0.39 is 9.85 Å². The van der Waals surface area contributed by atoms with E-state index in [-0.39, 0.29) is 10.1 Å². The fraction of sp³-hybridized carbons (Fsp3) is 0. The molecule has 0 atom stereocenters. The first-order chi connectivity index (χ1) is 11.1. The second-order valence-corrected chi connectivity index (χ2v) is 5.44. The van der Waals surface area contributed by atoms with Gasteiger partial charge in [0.05, 0.1) is 21.6 Å². The Morgan fingerprint density at radius 3 is 1.39 bits per heavy atom. The van der Waals surface area contributed by atoms with Crippen LogP contribution in [0.15, 0.2) is 70.7 Å². The largest absolute Gasteiger partial charge is 0.314 e. The minimum absolute atomic E-state index is 0.310. The summed E-state index contributed by atoms with van der Waals surface area (Å²) < 4.78 is 0. The van der Waals surface area contributed by atoms with Gasteiger partial charge in [0, 0.05) is 12.2 Å². The van der Waals surface area contributed by atoms with Crippen LogP contribution in [0.5, 0.6) is 0 Å². The molecule has 0 unspecified atom stereocenters. The molecule has 0 amide bonds. The van der Waals surface area contributed by atoms with Gasteiger partial charge in [-0.15, -0.1) is 0 Å². The second kappa shape index (κ2) is 7.90. The van der Waals surface area contributed by atoms with E-state index in [2.05, 4.69) is 0 Å². The molecule has 0 spiro atoms. The Morgan fingerprint density at radius 2 is 1.09 bits per heavy atom. The van der Waals surface area contributed by atoms with Crippen LogP contribution in [0.1, 0.15) is 11.1 Å². The van der Waals surface area contributed by atoms with E-state index in [0.717, 1.165) is 0 Å². The molecule has 0 aliphatic rings. The van der Waals surface area contributed by atoms with E-state index in [1.807, 2.05) is 0 Å². The fourth-order valence-corrected chi connectivity index (χ4v) is 2.48. The van der Waals surface area contributed by atoms with Crippen molar-refractivity contribution in [3.05, 3.63) is 102 Å². The van der Waals surface area contributed by atoms with Crippen LogP contribution >= 0.6 is 11.8 Å². The molecule has 0 aliphatic carbocycles. The molecular formula is C16H12N2O4S. The molecule has 0 bridgehead atoms. The van der Waals surface area contributed by atoms with Gasteiger partial charge in [-0.3, -0.25) is 20.2 Å².